The molecule has 8 heteroatoms. The van der Waals surface area contributed by atoms with Crippen molar-refractivity contribution in [2.75, 3.05) is 18.4 Å². The van der Waals surface area contributed by atoms with Crippen LogP contribution in [-0.2, 0) is 7.05 Å². The maximum Gasteiger partial charge on any atom is 0.258 e. The normalized spacial score (nSPS) is 15.6. The molecule has 0 saturated carbocycles. The predicted octanol–water partition coefficient (Wildman–Crippen LogP) is 2.33. The van der Waals surface area contributed by atoms with Gasteiger partial charge < -0.3 is 5.32 Å². The van der Waals surface area contributed by atoms with E-state index in [9.17, 15) is 9.18 Å². The highest BCUT2D eigenvalue weighted by atomic mass is 35.5. The molecular formula is C15H17ClFN5O. The van der Waals surface area contributed by atoms with Crippen LogP contribution in [0.4, 0.5) is 10.3 Å². The molecule has 2 heterocycles. The van der Waals surface area contributed by atoms with Gasteiger partial charge in [0.05, 0.1) is 5.02 Å². The number of aromatic nitrogens is 3. The van der Waals surface area contributed by atoms with E-state index >= 15 is 0 Å². The van der Waals surface area contributed by atoms with Gasteiger partial charge in [-0.1, -0.05) is 11.6 Å². The van der Waals surface area contributed by atoms with E-state index in [2.05, 4.69) is 20.7 Å². The van der Waals surface area contributed by atoms with E-state index in [0.29, 0.717) is 11.9 Å². The Hall–Kier alpha value is -1.99. The second-order valence-corrected chi connectivity index (χ2v) is 5.93. The smallest absolute Gasteiger partial charge is 0.258 e. The van der Waals surface area contributed by atoms with Crippen LogP contribution in [0.1, 0.15) is 34.9 Å². The van der Waals surface area contributed by atoms with Gasteiger partial charge in [-0.25, -0.2) is 9.07 Å². The van der Waals surface area contributed by atoms with Gasteiger partial charge in [0.25, 0.3) is 5.91 Å². The molecule has 2 N–H and O–H groups in total. The molecule has 1 aliphatic heterocycles. The van der Waals surface area contributed by atoms with E-state index < -0.39 is 11.7 Å². The Morgan fingerprint density at radius 2 is 2.17 bits per heavy atom. The second-order valence-electron chi connectivity index (χ2n) is 5.52. The van der Waals surface area contributed by atoms with E-state index in [0.717, 1.165) is 37.8 Å². The van der Waals surface area contributed by atoms with Crippen molar-refractivity contribution in [2.24, 2.45) is 7.05 Å². The van der Waals surface area contributed by atoms with Crippen LogP contribution in [0.25, 0.3) is 0 Å². The average Bonchev–Trinajstić information content (AvgIpc) is 2.92. The Balaban J connectivity index is 1.75. The number of benzene rings is 1. The van der Waals surface area contributed by atoms with Crippen LogP contribution >= 0.6 is 11.6 Å². The summed E-state index contributed by atoms with van der Waals surface area (Å²) < 4.78 is 15.0. The SMILES string of the molecule is Cn1nc(C2CCNCC2)nc1NC(=O)c1ccc(Cl)c(F)c1. The van der Waals surface area contributed by atoms with Gasteiger partial charge in [0.1, 0.15) is 5.82 Å². The first kappa shape index (κ1) is 15.9. The highest BCUT2D eigenvalue weighted by Crippen LogP contribution is 2.23. The highest BCUT2D eigenvalue weighted by molar-refractivity contribution is 6.30. The van der Waals surface area contributed by atoms with Gasteiger partial charge in [-0.05, 0) is 44.1 Å². The molecule has 23 heavy (non-hydrogen) atoms. The summed E-state index contributed by atoms with van der Waals surface area (Å²) >= 11 is 5.62. The maximum absolute atomic E-state index is 13.5. The topological polar surface area (TPSA) is 71.8 Å². The number of halogens is 2. The van der Waals surface area contributed by atoms with Gasteiger partial charge in [0, 0.05) is 18.5 Å². The van der Waals surface area contributed by atoms with E-state index in [4.69, 9.17) is 11.6 Å². The largest absolute Gasteiger partial charge is 0.317 e. The van der Waals surface area contributed by atoms with Gasteiger partial charge in [-0.15, -0.1) is 0 Å². The van der Waals surface area contributed by atoms with Gasteiger partial charge in [-0.3, -0.25) is 10.1 Å². The monoisotopic (exact) mass is 337 g/mol. The van der Waals surface area contributed by atoms with Crippen molar-refractivity contribution in [1.29, 1.82) is 0 Å². The molecule has 1 aliphatic rings. The second kappa shape index (κ2) is 6.64. The van der Waals surface area contributed by atoms with Crippen LogP contribution in [0.15, 0.2) is 18.2 Å². The quantitative estimate of drug-likeness (QED) is 0.901. The third-order valence-corrected chi connectivity index (χ3v) is 4.20. The van der Waals surface area contributed by atoms with Crippen molar-refractivity contribution < 1.29 is 9.18 Å². The lowest BCUT2D eigenvalue weighted by molar-refractivity contribution is 0.102. The van der Waals surface area contributed by atoms with Crippen molar-refractivity contribution in [2.45, 2.75) is 18.8 Å². The van der Waals surface area contributed by atoms with Crippen molar-refractivity contribution >= 4 is 23.5 Å². The minimum Gasteiger partial charge on any atom is -0.317 e. The number of hydrogen-bond donors (Lipinski definition) is 2. The van der Waals surface area contributed by atoms with Crippen LogP contribution in [0.3, 0.4) is 0 Å². The Morgan fingerprint density at radius 1 is 1.43 bits per heavy atom. The van der Waals surface area contributed by atoms with Gasteiger partial charge >= 0.3 is 0 Å². The average molecular weight is 338 g/mol. The van der Waals surface area contributed by atoms with E-state index in [-0.39, 0.29) is 10.6 Å². The first-order valence-corrected chi connectivity index (χ1v) is 7.80. The molecule has 0 aliphatic carbocycles. The fourth-order valence-corrected chi connectivity index (χ4v) is 2.69. The molecule has 122 valence electrons. The number of nitrogens with zero attached hydrogens (tertiary/aromatic N) is 3. The summed E-state index contributed by atoms with van der Waals surface area (Å²) in [5.74, 6) is 0.284. The summed E-state index contributed by atoms with van der Waals surface area (Å²) in [5.41, 5.74) is 0.179. The lowest BCUT2D eigenvalue weighted by atomic mass is 9.98. The van der Waals surface area contributed by atoms with Crippen LogP contribution in [0.2, 0.25) is 5.02 Å². The molecule has 1 saturated heterocycles. The van der Waals surface area contributed by atoms with Crippen molar-refractivity contribution in [1.82, 2.24) is 20.1 Å². The molecule has 0 unspecified atom stereocenters. The highest BCUT2D eigenvalue weighted by Gasteiger charge is 2.21. The number of anilines is 1. The predicted molar refractivity (Wildman–Crippen MR) is 85.2 cm³/mol. The van der Waals surface area contributed by atoms with Crippen molar-refractivity contribution in [3.63, 3.8) is 0 Å². The van der Waals surface area contributed by atoms with Gasteiger partial charge in [0.2, 0.25) is 5.95 Å². The molecule has 6 nitrogen and oxygen atoms in total. The molecular weight excluding hydrogens is 321 g/mol. The van der Waals surface area contributed by atoms with Crippen molar-refractivity contribution in [3.8, 4) is 0 Å². The minimum atomic E-state index is -0.632. The van der Waals surface area contributed by atoms with E-state index in [1.165, 1.54) is 16.8 Å². The number of aryl methyl sites for hydroxylation is 1. The molecule has 0 atom stereocenters. The number of nitrogens with one attached hydrogen (secondary N) is 2. The summed E-state index contributed by atoms with van der Waals surface area (Å²) in [5, 5.41) is 10.3. The Kier molecular flexibility index (Phi) is 4.58. The lowest BCUT2D eigenvalue weighted by Gasteiger charge is -2.19. The third-order valence-electron chi connectivity index (χ3n) is 3.89. The van der Waals surface area contributed by atoms with Gasteiger partial charge in [-0.2, -0.15) is 10.1 Å². The first-order valence-electron chi connectivity index (χ1n) is 7.42. The lowest BCUT2D eigenvalue weighted by Crippen LogP contribution is -2.27. The molecule has 2 aromatic rings. The van der Waals surface area contributed by atoms with Crippen LogP contribution in [0.5, 0.6) is 0 Å². The number of carbonyl (C=O) groups is 1. The summed E-state index contributed by atoms with van der Waals surface area (Å²) in [4.78, 5) is 16.6. The number of carbonyl (C=O) groups excluding carboxylic acids is 1. The zero-order valence-electron chi connectivity index (χ0n) is 12.6. The molecule has 0 radical (unpaired) electrons. The fourth-order valence-electron chi connectivity index (χ4n) is 2.58. The molecule has 1 fully saturated rings. The summed E-state index contributed by atoms with van der Waals surface area (Å²) in [6.45, 7) is 1.88. The standard InChI is InChI=1S/C15H17ClFN5O/c1-22-15(19-13(21-22)9-4-6-18-7-5-9)20-14(23)10-2-3-11(16)12(17)8-10/h2-3,8-9,18H,4-7H2,1H3,(H,19,20,21,23). The summed E-state index contributed by atoms with van der Waals surface area (Å²) in [6, 6.07) is 3.91. The molecule has 1 amide bonds. The number of hydrogen-bond acceptors (Lipinski definition) is 4. The minimum absolute atomic E-state index is 0.0200. The summed E-state index contributed by atoms with van der Waals surface area (Å²) in [7, 11) is 1.72. The number of rotatable bonds is 3. The third kappa shape index (κ3) is 3.51. The Bertz CT molecular complexity index is 727. The molecule has 1 aromatic heterocycles. The molecule has 0 spiro atoms. The summed E-state index contributed by atoms with van der Waals surface area (Å²) in [6.07, 6.45) is 1.94. The van der Waals surface area contributed by atoms with Gasteiger partial charge in [0.15, 0.2) is 5.82 Å². The molecule has 3 rings (SSSR count). The first-order chi connectivity index (χ1) is 11.0. The Morgan fingerprint density at radius 3 is 2.87 bits per heavy atom. The van der Waals surface area contributed by atoms with E-state index in [1.54, 1.807) is 7.05 Å². The number of piperidine rings is 1. The van der Waals surface area contributed by atoms with Crippen LogP contribution in [-0.4, -0.2) is 33.8 Å². The van der Waals surface area contributed by atoms with Crippen LogP contribution < -0.4 is 10.6 Å². The zero-order chi connectivity index (χ0) is 16.4. The van der Waals surface area contributed by atoms with Crippen LogP contribution in [0, 0.1) is 5.82 Å². The maximum atomic E-state index is 13.5. The molecule has 0 bridgehead atoms. The Labute approximate surface area is 138 Å². The van der Waals surface area contributed by atoms with E-state index in [1.807, 2.05) is 0 Å². The molecule has 1 aromatic carbocycles. The fraction of sp³-hybridized carbons (Fsp3) is 0.400. The van der Waals surface area contributed by atoms with Crippen molar-refractivity contribution in [3.05, 3.63) is 40.4 Å². The number of amides is 1. The zero-order valence-corrected chi connectivity index (χ0v) is 13.4.